The third-order valence-electron chi connectivity index (χ3n) is 4.63. The quantitative estimate of drug-likeness (QED) is 0.474. The van der Waals surface area contributed by atoms with Gasteiger partial charge in [-0.2, -0.15) is 0 Å². The van der Waals surface area contributed by atoms with Gasteiger partial charge in [-0.1, -0.05) is 43.7 Å². The highest BCUT2D eigenvalue weighted by Gasteiger charge is 2.19. The summed E-state index contributed by atoms with van der Waals surface area (Å²) in [6, 6.07) is 15.7. The number of nitrogens with zero attached hydrogens (tertiary/aromatic N) is 1. The van der Waals surface area contributed by atoms with Crippen molar-refractivity contribution < 1.29 is 14.2 Å². The molecule has 154 valence electrons. The van der Waals surface area contributed by atoms with Crippen molar-refractivity contribution in [3.05, 3.63) is 64.4 Å². The van der Waals surface area contributed by atoms with Crippen LogP contribution in [0, 0.1) is 0 Å². The molecule has 1 aromatic heterocycles. The molecule has 0 atom stereocenters. The van der Waals surface area contributed by atoms with Gasteiger partial charge in [0.15, 0.2) is 5.75 Å². The van der Waals surface area contributed by atoms with E-state index in [4.69, 9.17) is 14.2 Å². The molecule has 0 saturated heterocycles. The first-order valence-corrected chi connectivity index (χ1v) is 10.1. The Kier molecular flexibility index (Phi) is 6.81. The lowest BCUT2D eigenvalue weighted by Crippen LogP contribution is -2.23. The second-order valence-corrected chi connectivity index (χ2v) is 7.34. The van der Waals surface area contributed by atoms with Crippen LogP contribution in [0.15, 0.2) is 53.3 Å². The van der Waals surface area contributed by atoms with Crippen molar-refractivity contribution in [1.29, 1.82) is 0 Å². The van der Waals surface area contributed by atoms with E-state index in [1.54, 1.807) is 11.6 Å². The van der Waals surface area contributed by atoms with E-state index in [1.165, 1.54) is 0 Å². The molecule has 1 heterocycles. The van der Waals surface area contributed by atoms with Crippen molar-refractivity contribution in [3.63, 3.8) is 0 Å². The van der Waals surface area contributed by atoms with Crippen LogP contribution in [-0.4, -0.2) is 17.3 Å². The Bertz CT molecular complexity index is 1010. The Hall–Kier alpha value is -2.95. The molecule has 0 N–H and O–H groups in total. The van der Waals surface area contributed by atoms with Crippen LogP contribution in [0.2, 0.25) is 0 Å². The maximum atomic E-state index is 13.0. The van der Waals surface area contributed by atoms with E-state index >= 15 is 0 Å². The number of aromatic nitrogens is 1. The molecule has 29 heavy (non-hydrogen) atoms. The first kappa shape index (κ1) is 20.8. The van der Waals surface area contributed by atoms with Gasteiger partial charge in [0, 0.05) is 18.5 Å². The van der Waals surface area contributed by atoms with Gasteiger partial charge in [-0.3, -0.25) is 4.79 Å². The predicted octanol–water partition coefficient (Wildman–Crippen LogP) is 5.08. The van der Waals surface area contributed by atoms with E-state index in [0.29, 0.717) is 24.7 Å². The zero-order valence-electron chi connectivity index (χ0n) is 17.6. The molecule has 0 aliphatic carbocycles. The first-order valence-electron chi connectivity index (χ1n) is 10.1. The Morgan fingerprint density at radius 1 is 1.00 bits per heavy atom. The van der Waals surface area contributed by atoms with Gasteiger partial charge in [0.25, 0.3) is 5.56 Å². The molecular formula is C24H29NO4. The van der Waals surface area contributed by atoms with Gasteiger partial charge in [-0.25, -0.2) is 0 Å². The third-order valence-corrected chi connectivity index (χ3v) is 4.63. The number of unbranched alkanes of at least 4 members (excludes halogenated alkanes) is 1. The van der Waals surface area contributed by atoms with E-state index in [9.17, 15) is 4.79 Å². The van der Waals surface area contributed by atoms with E-state index in [0.717, 1.165) is 29.3 Å². The van der Waals surface area contributed by atoms with E-state index in [-0.39, 0.29) is 17.4 Å². The smallest absolute Gasteiger partial charge is 0.297 e. The maximum Gasteiger partial charge on any atom is 0.297 e. The Morgan fingerprint density at radius 2 is 1.76 bits per heavy atom. The largest absolute Gasteiger partial charge is 0.489 e. The summed E-state index contributed by atoms with van der Waals surface area (Å²) >= 11 is 0. The summed E-state index contributed by atoms with van der Waals surface area (Å²) in [7, 11) is 1.74. The van der Waals surface area contributed by atoms with Crippen LogP contribution in [0.1, 0.15) is 39.2 Å². The standard InChI is InChI=1S/C24H29NO4/c1-5-6-14-27-22-20-13-12-19(28-16-18-10-8-7-9-11-18)15-21(20)25(4)24(26)23(22)29-17(2)3/h7-13,15,17H,5-6,14,16H2,1-4H3. The van der Waals surface area contributed by atoms with Gasteiger partial charge in [-0.05, 0) is 38.0 Å². The average molecular weight is 395 g/mol. The Labute approximate surface area is 171 Å². The fourth-order valence-corrected chi connectivity index (χ4v) is 3.09. The normalized spacial score (nSPS) is 11.1. The van der Waals surface area contributed by atoms with Crippen molar-refractivity contribution in [2.45, 2.75) is 46.3 Å². The van der Waals surface area contributed by atoms with E-state index < -0.39 is 0 Å². The monoisotopic (exact) mass is 395 g/mol. The minimum atomic E-state index is -0.210. The highest BCUT2D eigenvalue weighted by molar-refractivity contribution is 5.89. The summed E-state index contributed by atoms with van der Waals surface area (Å²) in [5.41, 5.74) is 1.63. The fraction of sp³-hybridized carbons (Fsp3) is 0.375. The van der Waals surface area contributed by atoms with Gasteiger partial charge in [-0.15, -0.1) is 0 Å². The SMILES string of the molecule is CCCCOc1c(OC(C)C)c(=O)n(C)c2cc(OCc3ccccc3)ccc12. The fourth-order valence-electron chi connectivity index (χ4n) is 3.09. The molecule has 0 unspecified atom stereocenters. The number of pyridine rings is 1. The molecule has 3 aromatic rings. The van der Waals surface area contributed by atoms with Crippen LogP contribution in [-0.2, 0) is 13.7 Å². The Morgan fingerprint density at radius 3 is 2.45 bits per heavy atom. The van der Waals surface area contributed by atoms with E-state index in [2.05, 4.69) is 6.92 Å². The van der Waals surface area contributed by atoms with Gasteiger partial charge in [0.2, 0.25) is 5.75 Å². The van der Waals surface area contributed by atoms with Gasteiger partial charge >= 0.3 is 0 Å². The zero-order chi connectivity index (χ0) is 20.8. The molecule has 0 spiro atoms. The third kappa shape index (κ3) is 4.91. The van der Waals surface area contributed by atoms with Gasteiger partial charge in [0.05, 0.1) is 18.2 Å². The number of rotatable bonds is 9. The molecule has 0 aliphatic heterocycles. The van der Waals surface area contributed by atoms with Crippen molar-refractivity contribution in [2.75, 3.05) is 6.61 Å². The minimum absolute atomic E-state index is 0.123. The average Bonchev–Trinajstić information content (AvgIpc) is 2.73. The van der Waals surface area contributed by atoms with Gasteiger partial charge < -0.3 is 18.8 Å². The van der Waals surface area contributed by atoms with Crippen LogP contribution in [0.4, 0.5) is 0 Å². The number of ether oxygens (including phenoxy) is 3. The van der Waals surface area contributed by atoms with Crippen LogP contribution in [0.25, 0.3) is 10.9 Å². The Balaban J connectivity index is 2.00. The minimum Gasteiger partial charge on any atom is -0.489 e. The number of benzene rings is 2. The highest BCUT2D eigenvalue weighted by atomic mass is 16.5. The molecule has 0 radical (unpaired) electrons. The molecule has 0 aliphatic rings. The molecule has 0 bridgehead atoms. The first-order chi connectivity index (χ1) is 14.0. The lowest BCUT2D eigenvalue weighted by molar-refractivity contribution is 0.217. The summed E-state index contributed by atoms with van der Waals surface area (Å²) in [6.07, 6.45) is 1.80. The number of hydrogen-bond acceptors (Lipinski definition) is 4. The molecule has 0 fully saturated rings. The molecule has 2 aromatic carbocycles. The summed E-state index contributed by atoms with van der Waals surface area (Å²) in [6.45, 7) is 6.92. The van der Waals surface area contributed by atoms with Crippen LogP contribution in [0.3, 0.4) is 0 Å². The lowest BCUT2D eigenvalue weighted by Gasteiger charge is -2.19. The summed E-state index contributed by atoms with van der Waals surface area (Å²) in [5, 5.41) is 0.839. The number of fused-ring (bicyclic) bond motifs is 1. The van der Waals surface area contributed by atoms with Crippen molar-refractivity contribution in [2.24, 2.45) is 7.05 Å². The molecule has 0 saturated carbocycles. The molecule has 3 rings (SSSR count). The lowest BCUT2D eigenvalue weighted by atomic mass is 10.1. The molecular weight excluding hydrogens is 366 g/mol. The summed E-state index contributed by atoms with van der Waals surface area (Å²) in [4.78, 5) is 13.0. The second kappa shape index (κ2) is 9.50. The van der Waals surface area contributed by atoms with Crippen molar-refractivity contribution >= 4 is 10.9 Å². The van der Waals surface area contributed by atoms with Crippen LogP contribution in [0.5, 0.6) is 17.2 Å². The molecule has 5 nitrogen and oxygen atoms in total. The molecule has 5 heteroatoms. The highest BCUT2D eigenvalue weighted by Crippen LogP contribution is 2.35. The summed E-state index contributed by atoms with van der Waals surface area (Å²) < 4.78 is 19.4. The van der Waals surface area contributed by atoms with Crippen LogP contribution < -0.4 is 19.8 Å². The number of aryl methyl sites for hydroxylation is 1. The van der Waals surface area contributed by atoms with Crippen molar-refractivity contribution in [3.8, 4) is 17.2 Å². The summed E-state index contributed by atoms with van der Waals surface area (Å²) in [5.74, 6) is 1.48. The van der Waals surface area contributed by atoms with Gasteiger partial charge in [0.1, 0.15) is 12.4 Å². The number of hydrogen-bond donors (Lipinski definition) is 0. The second-order valence-electron chi connectivity index (χ2n) is 7.34. The van der Waals surface area contributed by atoms with Crippen LogP contribution >= 0.6 is 0 Å². The maximum absolute atomic E-state index is 13.0. The predicted molar refractivity (Wildman–Crippen MR) is 116 cm³/mol. The van der Waals surface area contributed by atoms with Crippen molar-refractivity contribution in [1.82, 2.24) is 4.57 Å². The van der Waals surface area contributed by atoms with E-state index in [1.807, 2.05) is 62.4 Å². The zero-order valence-corrected chi connectivity index (χ0v) is 17.6. The topological polar surface area (TPSA) is 49.7 Å². The molecule has 0 amide bonds.